The molecule has 4 heteroatoms. The summed E-state index contributed by atoms with van der Waals surface area (Å²) >= 11 is 3.40. The van der Waals surface area contributed by atoms with Gasteiger partial charge in [-0.25, -0.2) is 4.79 Å². The van der Waals surface area contributed by atoms with Gasteiger partial charge in [-0.15, -0.1) is 0 Å². The summed E-state index contributed by atoms with van der Waals surface area (Å²) in [6.45, 7) is 2.37. The van der Waals surface area contributed by atoms with Crippen LogP contribution in [0.4, 0.5) is 0 Å². The van der Waals surface area contributed by atoms with E-state index in [1.54, 1.807) is 17.7 Å². The van der Waals surface area contributed by atoms with Gasteiger partial charge in [-0.3, -0.25) is 0 Å². The first kappa shape index (κ1) is 11.9. The molecule has 0 amide bonds. The molecule has 0 bridgehead atoms. The highest BCUT2D eigenvalue weighted by atomic mass is 79.9. The summed E-state index contributed by atoms with van der Waals surface area (Å²) in [4.78, 5) is 11.1. The fourth-order valence-corrected chi connectivity index (χ4v) is 2.28. The molecule has 2 aromatic rings. The van der Waals surface area contributed by atoms with Crippen molar-refractivity contribution in [1.29, 1.82) is 0 Å². The van der Waals surface area contributed by atoms with Crippen LogP contribution in [-0.2, 0) is 6.54 Å². The molecule has 17 heavy (non-hydrogen) atoms. The molecule has 0 saturated heterocycles. The predicted octanol–water partition coefficient (Wildman–Crippen LogP) is 3.31. The molecule has 0 radical (unpaired) electrons. The fourth-order valence-electron chi connectivity index (χ4n) is 1.84. The minimum atomic E-state index is -0.887. The molecule has 0 unspecified atom stereocenters. The first-order chi connectivity index (χ1) is 8.08. The number of aromatic nitrogens is 1. The molecular weight excluding hydrogens is 282 g/mol. The number of benzene rings is 1. The third kappa shape index (κ3) is 2.58. The Hall–Kier alpha value is -1.55. The van der Waals surface area contributed by atoms with Crippen LogP contribution in [0.3, 0.4) is 0 Å². The lowest BCUT2D eigenvalue weighted by Crippen LogP contribution is -2.09. The monoisotopic (exact) mass is 293 g/mol. The molecule has 1 heterocycles. The van der Waals surface area contributed by atoms with E-state index in [0.29, 0.717) is 12.2 Å². The lowest BCUT2D eigenvalue weighted by molar-refractivity contribution is 0.0685. The van der Waals surface area contributed by atoms with Gasteiger partial charge in [0, 0.05) is 17.2 Å². The first-order valence-corrected chi connectivity index (χ1v) is 6.00. The highest BCUT2D eigenvalue weighted by molar-refractivity contribution is 9.10. The molecule has 0 aliphatic rings. The minimum absolute atomic E-state index is 0.352. The highest BCUT2D eigenvalue weighted by Crippen LogP contribution is 2.16. The average Bonchev–Trinajstić information content (AvgIpc) is 2.59. The molecule has 3 nitrogen and oxygen atoms in total. The zero-order chi connectivity index (χ0) is 12.4. The second kappa shape index (κ2) is 4.75. The topological polar surface area (TPSA) is 42.2 Å². The second-order valence-corrected chi connectivity index (χ2v) is 4.83. The predicted molar refractivity (Wildman–Crippen MR) is 69.4 cm³/mol. The Bertz CT molecular complexity index is 560. The summed E-state index contributed by atoms with van der Waals surface area (Å²) in [7, 11) is 0. The number of hydrogen-bond acceptors (Lipinski definition) is 1. The zero-order valence-corrected chi connectivity index (χ0v) is 10.9. The van der Waals surface area contributed by atoms with Gasteiger partial charge in [0.25, 0.3) is 0 Å². The van der Waals surface area contributed by atoms with Gasteiger partial charge in [0.15, 0.2) is 0 Å². The van der Waals surface area contributed by atoms with E-state index in [2.05, 4.69) is 15.9 Å². The van der Waals surface area contributed by atoms with Crippen LogP contribution < -0.4 is 0 Å². The molecule has 0 aliphatic heterocycles. The van der Waals surface area contributed by atoms with Crippen molar-refractivity contribution < 1.29 is 9.90 Å². The summed E-state index contributed by atoms with van der Waals surface area (Å²) in [6, 6.07) is 9.67. The summed E-state index contributed by atoms with van der Waals surface area (Å²) < 4.78 is 2.75. The Morgan fingerprint density at radius 3 is 2.82 bits per heavy atom. The van der Waals surface area contributed by atoms with Crippen LogP contribution in [0, 0.1) is 6.92 Å². The number of nitrogens with zero attached hydrogens (tertiary/aromatic N) is 1. The maximum Gasteiger partial charge on any atom is 0.352 e. The number of halogens is 1. The lowest BCUT2D eigenvalue weighted by atomic mass is 10.2. The van der Waals surface area contributed by atoms with Gasteiger partial charge in [0.05, 0.1) is 0 Å². The van der Waals surface area contributed by atoms with Crippen LogP contribution >= 0.6 is 15.9 Å². The van der Waals surface area contributed by atoms with E-state index in [-0.39, 0.29) is 0 Å². The Balaban J connectivity index is 2.33. The van der Waals surface area contributed by atoms with Crippen LogP contribution in [0.2, 0.25) is 0 Å². The van der Waals surface area contributed by atoms with Crippen molar-refractivity contribution >= 4 is 21.9 Å². The van der Waals surface area contributed by atoms with Crippen LogP contribution in [0.1, 0.15) is 21.6 Å². The van der Waals surface area contributed by atoms with Gasteiger partial charge >= 0.3 is 5.97 Å². The third-order valence-corrected chi connectivity index (χ3v) is 3.10. The number of hydrogen-bond donors (Lipinski definition) is 1. The molecule has 2 rings (SSSR count). The van der Waals surface area contributed by atoms with Crippen LogP contribution in [0.5, 0.6) is 0 Å². The van der Waals surface area contributed by atoms with E-state index >= 15 is 0 Å². The average molecular weight is 294 g/mol. The second-order valence-electron chi connectivity index (χ2n) is 3.91. The van der Waals surface area contributed by atoms with Crippen LogP contribution in [-0.4, -0.2) is 15.6 Å². The van der Waals surface area contributed by atoms with Gasteiger partial charge in [-0.2, -0.15) is 0 Å². The van der Waals surface area contributed by atoms with Crippen molar-refractivity contribution in [3.05, 3.63) is 57.8 Å². The summed E-state index contributed by atoms with van der Waals surface area (Å²) in [5.74, 6) is -0.887. The molecular formula is C13H12BrNO2. The highest BCUT2D eigenvalue weighted by Gasteiger charge is 2.13. The third-order valence-electron chi connectivity index (χ3n) is 2.61. The quantitative estimate of drug-likeness (QED) is 0.943. The Labute approximate surface area is 108 Å². The molecule has 0 aliphatic carbocycles. The first-order valence-electron chi connectivity index (χ1n) is 5.21. The Kier molecular flexibility index (Phi) is 3.33. The van der Waals surface area contributed by atoms with E-state index < -0.39 is 5.97 Å². The number of rotatable bonds is 3. The molecule has 0 saturated carbocycles. The van der Waals surface area contributed by atoms with E-state index in [4.69, 9.17) is 5.11 Å². The van der Waals surface area contributed by atoms with Crippen LogP contribution in [0.15, 0.2) is 41.0 Å². The molecule has 88 valence electrons. The van der Waals surface area contributed by atoms with Gasteiger partial charge in [0.2, 0.25) is 0 Å². The molecule has 0 atom stereocenters. The van der Waals surface area contributed by atoms with E-state index in [0.717, 1.165) is 15.6 Å². The van der Waals surface area contributed by atoms with Gasteiger partial charge < -0.3 is 9.67 Å². The normalized spacial score (nSPS) is 10.5. The van der Waals surface area contributed by atoms with Gasteiger partial charge in [0.1, 0.15) is 5.69 Å². The minimum Gasteiger partial charge on any atom is -0.477 e. The number of carboxylic acid groups (broad SMARTS) is 1. The molecule has 0 fully saturated rings. The van der Waals surface area contributed by atoms with Crippen molar-refractivity contribution in [2.75, 3.05) is 0 Å². The van der Waals surface area contributed by atoms with E-state index in [9.17, 15) is 4.79 Å². The maximum atomic E-state index is 11.1. The van der Waals surface area contributed by atoms with Crippen molar-refractivity contribution in [3.8, 4) is 0 Å². The summed E-state index contributed by atoms with van der Waals surface area (Å²) in [5, 5.41) is 9.14. The van der Waals surface area contributed by atoms with Crippen LogP contribution in [0.25, 0.3) is 0 Å². The molecule has 1 aromatic heterocycles. The largest absolute Gasteiger partial charge is 0.477 e. The molecule has 0 spiro atoms. The maximum absolute atomic E-state index is 11.1. The number of carbonyl (C=O) groups is 1. The zero-order valence-electron chi connectivity index (χ0n) is 9.35. The summed E-state index contributed by atoms with van der Waals surface area (Å²) in [6.07, 6.45) is 1.81. The Morgan fingerprint density at radius 2 is 2.18 bits per heavy atom. The number of aryl methyl sites for hydroxylation is 1. The van der Waals surface area contributed by atoms with Crippen molar-refractivity contribution in [2.24, 2.45) is 0 Å². The number of aromatic carboxylic acids is 1. The van der Waals surface area contributed by atoms with E-state index in [1.165, 1.54) is 0 Å². The fraction of sp³-hybridized carbons (Fsp3) is 0.154. The molecule has 1 aromatic carbocycles. The standard InChI is InChI=1S/C13H12BrNO2/c1-9-5-6-15(12(9)13(16)17)8-10-3-2-4-11(14)7-10/h2-7H,8H2,1H3,(H,16,17). The molecule has 1 N–H and O–H groups in total. The number of carboxylic acids is 1. The van der Waals surface area contributed by atoms with Gasteiger partial charge in [-0.1, -0.05) is 28.1 Å². The smallest absolute Gasteiger partial charge is 0.352 e. The van der Waals surface area contributed by atoms with E-state index in [1.807, 2.05) is 30.3 Å². The van der Waals surface area contributed by atoms with Crippen molar-refractivity contribution in [2.45, 2.75) is 13.5 Å². The lowest BCUT2D eigenvalue weighted by Gasteiger charge is -2.07. The SMILES string of the molecule is Cc1ccn(Cc2cccc(Br)c2)c1C(=O)O. The Morgan fingerprint density at radius 1 is 1.41 bits per heavy atom. The van der Waals surface area contributed by atoms with Crippen molar-refractivity contribution in [3.63, 3.8) is 0 Å². The van der Waals surface area contributed by atoms with Gasteiger partial charge in [-0.05, 0) is 36.2 Å². The van der Waals surface area contributed by atoms with Crippen molar-refractivity contribution in [1.82, 2.24) is 4.57 Å². The summed E-state index contributed by atoms with van der Waals surface area (Å²) in [5.41, 5.74) is 2.20.